The van der Waals surface area contributed by atoms with Gasteiger partial charge in [0.15, 0.2) is 0 Å². The number of rotatable bonds is 7. The van der Waals surface area contributed by atoms with E-state index in [0.29, 0.717) is 12.1 Å². The van der Waals surface area contributed by atoms with Gasteiger partial charge in [0.25, 0.3) is 11.8 Å². The smallest absolute Gasteiger partial charge is 0.258 e. The highest BCUT2D eigenvalue weighted by atomic mass is 16.5. The van der Waals surface area contributed by atoms with E-state index in [9.17, 15) is 9.59 Å². The number of benzene rings is 1. The molecule has 2 aromatic heterocycles. The Balaban J connectivity index is 1.44. The Labute approximate surface area is 173 Å². The van der Waals surface area contributed by atoms with E-state index >= 15 is 0 Å². The molecule has 156 valence electrons. The van der Waals surface area contributed by atoms with E-state index in [2.05, 4.69) is 10.3 Å². The van der Waals surface area contributed by atoms with Crippen LogP contribution in [0.5, 0.6) is 5.75 Å². The van der Waals surface area contributed by atoms with Crippen LogP contribution in [0.15, 0.2) is 47.2 Å². The summed E-state index contributed by atoms with van der Waals surface area (Å²) in [5.74, 6) is -0.0186. The number of hydrazine groups is 1. The standard InChI is InChI=1S/C21H23N5O4/c1-14-18(15(2)30-23-14)13-25-12-16(11-22-25)19-20(27)24(3)26(21(19)28)9-10-29-17-7-5-4-6-8-17/h4-8,11-12,19H,9-10,13H2,1-3H3. The fourth-order valence-electron chi connectivity index (χ4n) is 3.53. The van der Waals surface area contributed by atoms with Crippen LogP contribution in [0.2, 0.25) is 0 Å². The van der Waals surface area contributed by atoms with E-state index in [4.69, 9.17) is 9.26 Å². The summed E-state index contributed by atoms with van der Waals surface area (Å²) in [6, 6.07) is 9.35. The van der Waals surface area contributed by atoms with Gasteiger partial charge in [-0.1, -0.05) is 23.4 Å². The van der Waals surface area contributed by atoms with Gasteiger partial charge in [-0.15, -0.1) is 0 Å². The third-order valence-corrected chi connectivity index (χ3v) is 5.23. The lowest BCUT2D eigenvalue weighted by atomic mass is 10.0. The maximum absolute atomic E-state index is 12.9. The first kappa shape index (κ1) is 19.7. The minimum absolute atomic E-state index is 0.277. The van der Waals surface area contributed by atoms with Gasteiger partial charge in [0.1, 0.15) is 24.0 Å². The van der Waals surface area contributed by atoms with E-state index in [0.717, 1.165) is 22.8 Å². The lowest BCUT2D eigenvalue weighted by Gasteiger charge is -2.23. The number of ether oxygens (including phenoxy) is 1. The van der Waals surface area contributed by atoms with Gasteiger partial charge in [-0.3, -0.25) is 19.3 Å². The van der Waals surface area contributed by atoms with E-state index in [-0.39, 0.29) is 25.0 Å². The van der Waals surface area contributed by atoms with Crippen LogP contribution in [0.25, 0.3) is 0 Å². The first-order valence-corrected chi connectivity index (χ1v) is 9.66. The average Bonchev–Trinajstić information content (AvgIpc) is 3.38. The van der Waals surface area contributed by atoms with Crippen LogP contribution in [-0.2, 0) is 16.1 Å². The van der Waals surface area contributed by atoms with Crippen molar-refractivity contribution in [2.45, 2.75) is 26.3 Å². The summed E-state index contributed by atoms with van der Waals surface area (Å²) < 4.78 is 12.5. The molecule has 0 spiro atoms. The zero-order chi connectivity index (χ0) is 21.3. The van der Waals surface area contributed by atoms with Gasteiger partial charge in [0, 0.05) is 24.4 Å². The van der Waals surface area contributed by atoms with Crippen molar-refractivity contribution in [2.75, 3.05) is 20.2 Å². The topological polar surface area (TPSA) is 93.7 Å². The molecular weight excluding hydrogens is 386 g/mol. The van der Waals surface area contributed by atoms with Gasteiger partial charge >= 0.3 is 0 Å². The Morgan fingerprint density at radius 2 is 1.90 bits per heavy atom. The normalized spacial score (nSPS) is 16.6. The van der Waals surface area contributed by atoms with Gasteiger partial charge in [0.05, 0.1) is 25.0 Å². The molecule has 0 bridgehead atoms. The Bertz CT molecular complexity index is 1040. The number of aryl methyl sites for hydroxylation is 2. The quantitative estimate of drug-likeness (QED) is 0.554. The average molecular weight is 409 g/mol. The van der Waals surface area contributed by atoms with Crippen molar-refractivity contribution < 1.29 is 18.8 Å². The molecule has 2 amide bonds. The summed E-state index contributed by atoms with van der Waals surface area (Å²) in [6.07, 6.45) is 3.29. The molecule has 0 saturated carbocycles. The summed E-state index contributed by atoms with van der Waals surface area (Å²) in [5.41, 5.74) is 2.29. The highest BCUT2D eigenvalue weighted by Crippen LogP contribution is 2.28. The van der Waals surface area contributed by atoms with Gasteiger partial charge in [0.2, 0.25) is 0 Å². The molecule has 1 atom stereocenters. The van der Waals surface area contributed by atoms with E-state index in [1.165, 1.54) is 10.0 Å². The Morgan fingerprint density at radius 1 is 1.13 bits per heavy atom. The van der Waals surface area contributed by atoms with E-state index in [1.807, 2.05) is 44.2 Å². The van der Waals surface area contributed by atoms with Crippen molar-refractivity contribution in [1.29, 1.82) is 0 Å². The van der Waals surface area contributed by atoms with Crippen LogP contribution in [0.1, 0.15) is 28.5 Å². The molecule has 3 heterocycles. The number of aromatic nitrogens is 3. The largest absolute Gasteiger partial charge is 0.492 e. The van der Waals surface area contributed by atoms with Crippen molar-refractivity contribution in [3.8, 4) is 5.75 Å². The number of carbonyl (C=O) groups excluding carboxylic acids is 2. The molecule has 3 aromatic rings. The van der Waals surface area contributed by atoms with Crippen LogP contribution >= 0.6 is 0 Å². The highest BCUT2D eigenvalue weighted by molar-refractivity contribution is 6.10. The number of para-hydroxylation sites is 1. The predicted molar refractivity (Wildman–Crippen MR) is 106 cm³/mol. The van der Waals surface area contributed by atoms with Crippen LogP contribution in [0.4, 0.5) is 0 Å². The van der Waals surface area contributed by atoms with Gasteiger partial charge in [-0.2, -0.15) is 5.10 Å². The fourth-order valence-corrected chi connectivity index (χ4v) is 3.53. The summed E-state index contributed by atoms with van der Waals surface area (Å²) >= 11 is 0. The second-order valence-corrected chi connectivity index (χ2v) is 7.19. The van der Waals surface area contributed by atoms with Crippen molar-refractivity contribution in [1.82, 2.24) is 25.0 Å². The second kappa shape index (κ2) is 8.02. The van der Waals surface area contributed by atoms with Crippen molar-refractivity contribution in [3.05, 3.63) is 65.3 Å². The highest BCUT2D eigenvalue weighted by Gasteiger charge is 2.45. The molecular formula is C21H23N5O4. The molecule has 0 radical (unpaired) electrons. The Morgan fingerprint density at radius 3 is 2.60 bits per heavy atom. The molecule has 1 unspecified atom stereocenters. The molecule has 0 N–H and O–H groups in total. The minimum atomic E-state index is -0.898. The van der Waals surface area contributed by atoms with Crippen LogP contribution in [-0.4, -0.2) is 57.0 Å². The van der Waals surface area contributed by atoms with Crippen molar-refractivity contribution in [3.63, 3.8) is 0 Å². The van der Waals surface area contributed by atoms with E-state index < -0.39 is 5.92 Å². The van der Waals surface area contributed by atoms with Crippen LogP contribution in [0.3, 0.4) is 0 Å². The summed E-state index contributed by atoms with van der Waals surface area (Å²) in [4.78, 5) is 25.7. The third kappa shape index (κ3) is 3.66. The van der Waals surface area contributed by atoms with Gasteiger partial charge in [-0.05, 0) is 26.0 Å². The molecule has 1 aliphatic rings. The number of hydrogen-bond acceptors (Lipinski definition) is 6. The zero-order valence-corrected chi connectivity index (χ0v) is 17.1. The SMILES string of the molecule is Cc1noc(C)c1Cn1cc(C2C(=O)N(C)N(CCOc3ccccc3)C2=O)cn1. The first-order chi connectivity index (χ1) is 14.5. The van der Waals surface area contributed by atoms with Gasteiger partial charge in [-0.25, -0.2) is 5.01 Å². The van der Waals surface area contributed by atoms with Crippen LogP contribution < -0.4 is 4.74 Å². The maximum atomic E-state index is 12.9. The predicted octanol–water partition coefficient (Wildman–Crippen LogP) is 1.91. The number of carbonyl (C=O) groups is 2. The number of amides is 2. The van der Waals surface area contributed by atoms with Crippen molar-refractivity contribution in [2.24, 2.45) is 0 Å². The summed E-state index contributed by atoms with van der Waals surface area (Å²) in [6.45, 7) is 4.73. The van der Waals surface area contributed by atoms with Crippen molar-refractivity contribution >= 4 is 11.8 Å². The molecule has 9 heteroatoms. The van der Waals surface area contributed by atoms with E-state index in [1.54, 1.807) is 24.1 Å². The Kier molecular flexibility index (Phi) is 5.26. The molecule has 30 heavy (non-hydrogen) atoms. The lowest BCUT2D eigenvalue weighted by Crippen LogP contribution is -2.40. The van der Waals surface area contributed by atoms with Crippen LogP contribution in [0, 0.1) is 13.8 Å². The zero-order valence-electron chi connectivity index (χ0n) is 17.1. The minimum Gasteiger partial charge on any atom is -0.492 e. The molecule has 1 aliphatic heterocycles. The fraction of sp³-hybridized carbons (Fsp3) is 0.333. The molecule has 9 nitrogen and oxygen atoms in total. The lowest BCUT2D eigenvalue weighted by molar-refractivity contribution is -0.144. The molecule has 0 aliphatic carbocycles. The summed E-state index contributed by atoms with van der Waals surface area (Å²) in [7, 11) is 1.59. The monoisotopic (exact) mass is 409 g/mol. The molecule has 1 saturated heterocycles. The second-order valence-electron chi connectivity index (χ2n) is 7.19. The molecule has 1 aromatic carbocycles. The number of nitrogens with zero attached hydrogens (tertiary/aromatic N) is 5. The number of hydrogen-bond donors (Lipinski definition) is 0. The summed E-state index contributed by atoms with van der Waals surface area (Å²) in [5, 5.41) is 11.0. The third-order valence-electron chi connectivity index (χ3n) is 5.23. The molecule has 4 rings (SSSR count). The number of likely N-dealkylation sites (N-methyl/N-ethyl adjacent to an activating group) is 1. The molecule has 1 fully saturated rings. The van der Waals surface area contributed by atoms with Gasteiger partial charge < -0.3 is 9.26 Å². The Hall–Kier alpha value is -3.62. The maximum Gasteiger partial charge on any atom is 0.258 e. The first-order valence-electron chi connectivity index (χ1n) is 9.66.